The highest BCUT2D eigenvalue weighted by molar-refractivity contribution is 5.51. The number of nitro benzene ring substituents is 1. The third-order valence-corrected chi connectivity index (χ3v) is 3.11. The van der Waals surface area contributed by atoms with E-state index in [1.165, 1.54) is 0 Å². The molecule has 0 spiro atoms. The lowest BCUT2D eigenvalue weighted by molar-refractivity contribution is -0.386. The second-order valence-electron chi connectivity index (χ2n) is 5.12. The van der Waals surface area contributed by atoms with E-state index in [0.29, 0.717) is 0 Å². The van der Waals surface area contributed by atoms with E-state index in [1.807, 2.05) is 13.1 Å². The molecule has 1 aliphatic heterocycles. The lowest BCUT2D eigenvalue weighted by Gasteiger charge is -2.37. The zero-order valence-electron chi connectivity index (χ0n) is 9.86. The second-order valence-corrected chi connectivity index (χ2v) is 5.12. The zero-order valence-corrected chi connectivity index (χ0v) is 9.86. The van der Waals surface area contributed by atoms with Gasteiger partial charge < -0.3 is 4.90 Å². The summed E-state index contributed by atoms with van der Waals surface area (Å²) in [5, 5.41) is 11.0. The number of hydrogen-bond acceptors (Lipinski definition) is 3. The van der Waals surface area contributed by atoms with Crippen LogP contribution in [0.15, 0.2) is 18.2 Å². The normalized spacial score (nSPS) is 19.2. The molecule has 0 amide bonds. The molecule has 0 atom stereocenters. The van der Waals surface area contributed by atoms with Crippen molar-refractivity contribution in [2.75, 3.05) is 13.6 Å². The molecule has 1 aromatic carbocycles. The Hall–Kier alpha value is -1.42. The molecule has 0 aromatic heterocycles. The van der Waals surface area contributed by atoms with Crippen LogP contribution in [0.5, 0.6) is 0 Å². The summed E-state index contributed by atoms with van der Waals surface area (Å²) in [5.41, 5.74) is 2.08. The molecule has 2 rings (SSSR count). The van der Waals surface area contributed by atoms with Gasteiger partial charge in [0.15, 0.2) is 0 Å². The summed E-state index contributed by atoms with van der Waals surface area (Å²) in [7, 11) is 2.05. The third kappa shape index (κ3) is 1.69. The third-order valence-electron chi connectivity index (χ3n) is 3.11. The van der Waals surface area contributed by atoms with E-state index in [-0.39, 0.29) is 16.0 Å². The van der Waals surface area contributed by atoms with Crippen molar-refractivity contribution >= 4 is 5.69 Å². The smallest absolute Gasteiger partial charge is 0.273 e. The van der Waals surface area contributed by atoms with Crippen LogP contribution in [0.2, 0.25) is 0 Å². The Morgan fingerprint density at radius 1 is 1.44 bits per heavy atom. The van der Waals surface area contributed by atoms with Gasteiger partial charge in [0.05, 0.1) is 4.92 Å². The van der Waals surface area contributed by atoms with E-state index in [4.69, 9.17) is 0 Å². The Labute approximate surface area is 95.0 Å². The van der Waals surface area contributed by atoms with Gasteiger partial charge in [0, 0.05) is 30.1 Å². The first-order valence-electron chi connectivity index (χ1n) is 5.37. The lowest BCUT2D eigenvalue weighted by atomic mass is 9.77. The number of fused-ring (bicyclic) bond motifs is 1. The fourth-order valence-electron chi connectivity index (χ4n) is 2.75. The first-order chi connectivity index (χ1) is 7.42. The van der Waals surface area contributed by atoms with E-state index in [1.54, 1.807) is 12.1 Å². The quantitative estimate of drug-likeness (QED) is 0.539. The van der Waals surface area contributed by atoms with Gasteiger partial charge >= 0.3 is 0 Å². The summed E-state index contributed by atoms with van der Waals surface area (Å²) in [6.45, 7) is 5.77. The van der Waals surface area contributed by atoms with E-state index < -0.39 is 0 Å². The highest BCUT2D eigenvalue weighted by Crippen LogP contribution is 2.38. The zero-order chi connectivity index (χ0) is 11.9. The van der Waals surface area contributed by atoms with E-state index in [2.05, 4.69) is 18.7 Å². The molecular formula is C12H16N2O2. The molecule has 0 radical (unpaired) electrons. The summed E-state index contributed by atoms with van der Waals surface area (Å²) >= 11 is 0. The van der Waals surface area contributed by atoms with Crippen molar-refractivity contribution in [3.8, 4) is 0 Å². The molecule has 1 aliphatic rings. The van der Waals surface area contributed by atoms with Crippen LogP contribution < -0.4 is 0 Å². The van der Waals surface area contributed by atoms with Gasteiger partial charge in [-0.15, -0.1) is 0 Å². The Balaban J connectivity index is 2.64. The predicted molar refractivity (Wildman–Crippen MR) is 62.5 cm³/mol. The molecule has 0 fully saturated rings. The summed E-state index contributed by atoms with van der Waals surface area (Å²) < 4.78 is 0. The van der Waals surface area contributed by atoms with Gasteiger partial charge in [0.25, 0.3) is 5.69 Å². The van der Waals surface area contributed by atoms with Gasteiger partial charge in [-0.2, -0.15) is 0 Å². The summed E-state index contributed by atoms with van der Waals surface area (Å²) in [5.74, 6) is 0. The van der Waals surface area contributed by atoms with Crippen molar-refractivity contribution in [1.29, 1.82) is 0 Å². The van der Waals surface area contributed by atoms with Crippen LogP contribution in [0.25, 0.3) is 0 Å². The molecule has 1 heterocycles. The molecular weight excluding hydrogens is 204 g/mol. The number of rotatable bonds is 1. The summed E-state index contributed by atoms with van der Waals surface area (Å²) in [6.07, 6.45) is 0. The minimum Gasteiger partial charge on any atom is -0.301 e. The van der Waals surface area contributed by atoms with Gasteiger partial charge in [0.2, 0.25) is 0 Å². The van der Waals surface area contributed by atoms with Crippen molar-refractivity contribution in [3.05, 3.63) is 39.4 Å². The van der Waals surface area contributed by atoms with Crippen molar-refractivity contribution in [1.82, 2.24) is 4.90 Å². The molecule has 1 aromatic rings. The molecule has 0 saturated heterocycles. The van der Waals surface area contributed by atoms with Crippen LogP contribution in [0, 0.1) is 10.1 Å². The van der Waals surface area contributed by atoms with Crippen LogP contribution in [0.4, 0.5) is 5.69 Å². The lowest BCUT2D eigenvalue weighted by Crippen LogP contribution is -2.40. The van der Waals surface area contributed by atoms with E-state index in [9.17, 15) is 10.1 Å². The Morgan fingerprint density at radius 2 is 2.12 bits per heavy atom. The molecule has 0 unspecified atom stereocenters. The van der Waals surface area contributed by atoms with E-state index >= 15 is 0 Å². The summed E-state index contributed by atoms with van der Waals surface area (Å²) in [6, 6.07) is 5.36. The van der Waals surface area contributed by atoms with Crippen molar-refractivity contribution in [2.24, 2.45) is 0 Å². The Kier molecular flexibility index (Phi) is 2.46. The van der Waals surface area contributed by atoms with Gasteiger partial charge in [-0.25, -0.2) is 0 Å². The molecule has 0 aliphatic carbocycles. The molecule has 16 heavy (non-hydrogen) atoms. The molecule has 0 N–H and O–H groups in total. The van der Waals surface area contributed by atoms with Gasteiger partial charge in [-0.3, -0.25) is 10.1 Å². The molecule has 4 heteroatoms. The van der Waals surface area contributed by atoms with Crippen LogP contribution >= 0.6 is 0 Å². The van der Waals surface area contributed by atoms with Crippen molar-refractivity contribution in [3.63, 3.8) is 0 Å². The van der Waals surface area contributed by atoms with Crippen molar-refractivity contribution in [2.45, 2.75) is 25.8 Å². The first kappa shape index (κ1) is 11.1. The number of benzene rings is 1. The molecule has 0 saturated carbocycles. The minimum atomic E-state index is -0.272. The Bertz CT molecular complexity index is 441. The summed E-state index contributed by atoms with van der Waals surface area (Å²) in [4.78, 5) is 13.0. The molecule has 4 nitrogen and oxygen atoms in total. The average molecular weight is 220 g/mol. The largest absolute Gasteiger partial charge is 0.301 e. The SMILES string of the molecule is CN1Cc2cccc([N+](=O)[O-])c2C(C)(C)C1. The van der Waals surface area contributed by atoms with Crippen LogP contribution in [-0.2, 0) is 12.0 Å². The van der Waals surface area contributed by atoms with Gasteiger partial charge in [0.1, 0.15) is 0 Å². The van der Waals surface area contributed by atoms with Crippen LogP contribution in [-0.4, -0.2) is 23.4 Å². The van der Waals surface area contributed by atoms with Crippen LogP contribution in [0.3, 0.4) is 0 Å². The number of likely N-dealkylation sites (N-methyl/N-ethyl adjacent to an activating group) is 1. The maximum absolute atomic E-state index is 11.0. The predicted octanol–water partition coefficient (Wildman–Crippen LogP) is 2.32. The topological polar surface area (TPSA) is 46.4 Å². The number of nitrogens with zero attached hydrogens (tertiary/aromatic N) is 2. The van der Waals surface area contributed by atoms with Gasteiger partial charge in [-0.05, 0) is 12.6 Å². The average Bonchev–Trinajstić information content (AvgIpc) is 2.14. The maximum Gasteiger partial charge on any atom is 0.273 e. The van der Waals surface area contributed by atoms with E-state index in [0.717, 1.165) is 24.2 Å². The number of nitro groups is 1. The fraction of sp³-hybridized carbons (Fsp3) is 0.500. The highest BCUT2D eigenvalue weighted by Gasteiger charge is 2.36. The molecule has 0 bridgehead atoms. The minimum absolute atomic E-state index is 0.161. The molecule has 86 valence electrons. The standard InChI is InChI=1S/C12H16N2O2/c1-12(2)8-13(3)7-9-5-4-6-10(11(9)12)14(15)16/h4-6H,7-8H2,1-3H3. The second kappa shape index (κ2) is 3.56. The number of hydrogen-bond donors (Lipinski definition) is 0. The monoisotopic (exact) mass is 220 g/mol. The van der Waals surface area contributed by atoms with Crippen molar-refractivity contribution < 1.29 is 4.92 Å². The Morgan fingerprint density at radius 3 is 2.75 bits per heavy atom. The highest BCUT2D eigenvalue weighted by atomic mass is 16.6. The maximum atomic E-state index is 11.0. The fourth-order valence-corrected chi connectivity index (χ4v) is 2.75. The van der Waals surface area contributed by atoms with Crippen LogP contribution in [0.1, 0.15) is 25.0 Å². The van der Waals surface area contributed by atoms with Gasteiger partial charge in [-0.1, -0.05) is 26.0 Å². The first-order valence-corrected chi connectivity index (χ1v) is 5.37.